The summed E-state index contributed by atoms with van der Waals surface area (Å²) in [5.41, 5.74) is 0. The molecule has 1 fully saturated rings. The van der Waals surface area contributed by atoms with Crippen molar-refractivity contribution in [3.8, 4) is 0 Å². The number of rotatable bonds is 3. The molecule has 0 saturated carbocycles. The zero-order valence-electron chi connectivity index (χ0n) is 6.92. The molecule has 0 spiro atoms. The van der Waals surface area contributed by atoms with Crippen LogP contribution in [0, 0.1) is 5.92 Å². The van der Waals surface area contributed by atoms with Gasteiger partial charge in [0.05, 0.1) is 0 Å². The molecule has 3 nitrogen and oxygen atoms in total. The minimum Gasteiger partial charge on any atom is -0.449 e. The Balaban J connectivity index is 2.15. The van der Waals surface area contributed by atoms with Crippen molar-refractivity contribution < 1.29 is 14.3 Å². The first-order chi connectivity index (χ1) is 5.83. The molecule has 0 aromatic heterocycles. The van der Waals surface area contributed by atoms with Crippen LogP contribution in [-0.4, -0.2) is 25.2 Å². The molecule has 0 bridgehead atoms. The maximum atomic E-state index is 11.0. The first kappa shape index (κ1) is 9.81. The number of esters is 1. The van der Waals surface area contributed by atoms with Gasteiger partial charge < -0.3 is 9.47 Å². The first-order valence-electron chi connectivity index (χ1n) is 4.12. The van der Waals surface area contributed by atoms with Crippen LogP contribution in [0.25, 0.3) is 0 Å². The van der Waals surface area contributed by atoms with Crippen molar-refractivity contribution in [2.24, 2.45) is 5.92 Å². The highest BCUT2D eigenvalue weighted by atomic mass is 35.5. The lowest BCUT2D eigenvalue weighted by Gasteiger charge is -2.20. The van der Waals surface area contributed by atoms with Crippen molar-refractivity contribution in [2.75, 3.05) is 19.3 Å². The highest BCUT2D eigenvalue weighted by Crippen LogP contribution is 2.18. The fourth-order valence-corrected chi connectivity index (χ4v) is 1.43. The van der Waals surface area contributed by atoms with Crippen LogP contribution in [0.1, 0.15) is 19.3 Å². The van der Waals surface area contributed by atoms with E-state index in [9.17, 15) is 4.79 Å². The van der Waals surface area contributed by atoms with E-state index < -0.39 is 0 Å². The molecule has 1 saturated heterocycles. The highest BCUT2D eigenvalue weighted by Gasteiger charge is 2.17. The third-order valence-corrected chi connectivity index (χ3v) is 2.12. The van der Waals surface area contributed by atoms with Gasteiger partial charge in [-0.1, -0.05) is 11.6 Å². The van der Waals surface area contributed by atoms with Crippen LogP contribution in [0.2, 0.25) is 0 Å². The molecule has 0 N–H and O–H groups in total. The summed E-state index contributed by atoms with van der Waals surface area (Å²) in [4.78, 5) is 11.0. The topological polar surface area (TPSA) is 35.5 Å². The molecule has 1 aliphatic rings. The number of hydrogen-bond acceptors (Lipinski definition) is 3. The fraction of sp³-hybridized carbons (Fsp3) is 0.875. The van der Waals surface area contributed by atoms with Crippen LogP contribution < -0.4 is 0 Å². The Morgan fingerprint density at radius 1 is 1.50 bits per heavy atom. The Morgan fingerprint density at radius 3 is 2.75 bits per heavy atom. The maximum absolute atomic E-state index is 11.0. The molecule has 0 aliphatic carbocycles. The second-order valence-corrected chi connectivity index (χ2v) is 3.10. The van der Waals surface area contributed by atoms with Crippen molar-refractivity contribution in [1.29, 1.82) is 0 Å². The Hall–Kier alpha value is -0.280. The minimum absolute atomic E-state index is 0.0396. The molecule has 1 rings (SSSR count). The summed E-state index contributed by atoms with van der Waals surface area (Å²) >= 11 is 5.25. The van der Waals surface area contributed by atoms with E-state index in [1.807, 2.05) is 0 Å². The van der Waals surface area contributed by atoms with E-state index in [1.165, 1.54) is 0 Å². The summed E-state index contributed by atoms with van der Waals surface area (Å²) in [7, 11) is 0. The van der Waals surface area contributed by atoms with Crippen molar-refractivity contribution in [3.63, 3.8) is 0 Å². The SMILES string of the molecule is O=C(CC1CCOCC1)OCCl. The quantitative estimate of drug-likeness (QED) is 0.503. The fourth-order valence-electron chi connectivity index (χ4n) is 1.31. The largest absolute Gasteiger partial charge is 0.449 e. The highest BCUT2D eigenvalue weighted by molar-refractivity contribution is 6.17. The van der Waals surface area contributed by atoms with Gasteiger partial charge in [0.1, 0.15) is 0 Å². The summed E-state index contributed by atoms with van der Waals surface area (Å²) < 4.78 is 9.79. The predicted molar refractivity (Wildman–Crippen MR) is 45.0 cm³/mol. The molecular weight excluding hydrogens is 180 g/mol. The molecule has 0 amide bonds. The van der Waals surface area contributed by atoms with Crippen LogP contribution in [0.4, 0.5) is 0 Å². The van der Waals surface area contributed by atoms with E-state index in [0.717, 1.165) is 26.1 Å². The van der Waals surface area contributed by atoms with Crippen LogP contribution in [0.5, 0.6) is 0 Å². The standard InChI is InChI=1S/C8H13ClO3/c9-6-12-8(10)5-7-1-3-11-4-2-7/h7H,1-6H2. The molecule has 0 aromatic carbocycles. The number of alkyl halides is 1. The average molecular weight is 193 g/mol. The van der Waals surface area contributed by atoms with Crippen molar-refractivity contribution in [1.82, 2.24) is 0 Å². The van der Waals surface area contributed by atoms with E-state index in [2.05, 4.69) is 4.74 Å². The Labute approximate surface area is 77.0 Å². The summed E-state index contributed by atoms with van der Waals surface area (Å²) in [5, 5.41) is 0. The zero-order valence-corrected chi connectivity index (χ0v) is 7.68. The molecule has 70 valence electrons. The number of carbonyl (C=O) groups is 1. The summed E-state index contributed by atoms with van der Waals surface area (Å²) in [6.07, 6.45) is 2.39. The molecule has 12 heavy (non-hydrogen) atoms. The van der Waals surface area contributed by atoms with Crippen molar-refractivity contribution >= 4 is 17.6 Å². The minimum atomic E-state index is -0.197. The second-order valence-electron chi connectivity index (χ2n) is 2.89. The van der Waals surface area contributed by atoms with E-state index in [4.69, 9.17) is 16.3 Å². The number of ether oxygens (including phenoxy) is 2. The van der Waals surface area contributed by atoms with Crippen LogP contribution in [0.15, 0.2) is 0 Å². The Bertz CT molecular complexity index is 143. The number of hydrogen-bond donors (Lipinski definition) is 0. The van der Waals surface area contributed by atoms with E-state index in [-0.39, 0.29) is 12.0 Å². The molecule has 0 atom stereocenters. The molecule has 0 aromatic rings. The van der Waals surface area contributed by atoms with Gasteiger partial charge in [-0.2, -0.15) is 0 Å². The summed E-state index contributed by atoms with van der Waals surface area (Å²) in [6.45, 7) is 1.53. The van der Waals surface area contributed by atoms with Gasteiger partial charge >= 0.3 is 5.97 Å². The third-order valence-electron chi connectivity index (χ3n) is 2.01. The van der Waals surface area contributed by atoms with Gasteiger partial charge in [-0.05, 0) is 18.8 Å². The van der Waals surface area contributed by atoms with Crippen LogP contribution in [0.3, 0.4) is 0 Å². The van der Waals surface area contributed by atoms with Crippen LogP contribution >= 0.6 is 11.6 Å². The Kier molecular flexibility index (Phi) is 4.40. The van der Waals surface area contributed by atoms with E-state index in [1.54, 1.807) is 0 Å². The predicted octanol–water partition coefficient (Wildman–Crippen LogP) is 1.54. The summed E-state index contributed by atoms with van der Waals surface area (Å²) in [6, 6.07) is -0.0396. The van der Waals surface area contributed by atoms with Gasteiger partial charge in [0.2, 0.25) is 0 Å². The molecule has 0 unspecified atom stereocenters. The normalized spacial score (nSPS) is 19.1. The van der Waals surface area contributed by atoms with Gasteiger partial charge in [-0.15, -0.1) is 0 Å². The van der Waals surface area contributed by atoms with Crippen molar-refractivity contribution in [2.45, 2.75) is 19.3 Å². The van der Waals surface area contributed by atoms with E-state index >= 15 is 0 Å². The molecule has 0 radical (unpaired) electrons. The average Bonchev–Trinajstić information content (AvgIpc) is 2.06. The van der Waals surface area contributed by atoms with Gasteiger partial charge in [0.15, 0.2) is 6.07 Å². The zero-order chi connectivity index (χ0) is 8.81. The second kappa shape index (κ2) is 5.38. The first-order valence-corrected chi connectivity index (χ1v) is 4.65. The molecule has 1 aliphatic heterocycles. The Morgan fingerprint density at radius 2 is 2.17 bits per heavy atom. The van der Waals surface area contributed by atoms with Crippen molar-refractivity contribution in [3.05, 3.63) is 0 Å². The monoisotopic (exact) mass is 192 g/mol. The third kappa shape index (κ3) is 3.41. The maximum Gasteiger partial charge on any atom is 0.307 e. The van der Waals surface area contributed by atoms with E-state index in [0.29, 0.717) is 12.3 Å². The smallest absolute Gasteiger partial charge is 0.307 e. The van der Waals surface area contributed by atoms with Gasteiger partial charge in [0.25, 0.3) is 0 Å². The lowest BCUT2D eigenvalue weighted by molar-refractivity contribution is -0.143. The summed E-state index contributed by atoms with van der Waals surface area (Å²) in [5.74, 6) is 0.228. The number of halogens is 1. The van der Waals surface area contributed by atoms with Gasteiger partial charge in [0, 0.05) is 19.6 Å². The lowest BCUT2D eigenvalue weighted by atomic mass is 9.97. The van der Waals surface area contributed by atoms with Crippen LogP contribution in [-0.2, 0) is 14.3 Å². The molecule has 4 heteroatoms. The molecular formula is C8H13ClO3. The lowest BCUT2D eigenvalue weighted by Crippen LogP contribution is -2.19. The molecule has 1 heterocycles. The number of carbonyl (C=O) groups excluding carboxylic acids is 1. The van der Waals surface area contributed by atoms with Gasteiger partial charge in [-0.3, -0.25) is 4.79 Å². The van der Waals surface area contributed by atoms with Gasteiger partial charge in [-0.25, -0.2) is 0 Å².